The maximum Gasteiger partial charge on any atom is 0.416 e. The molecule has 2 N–H and O–H groups in total. The number of carbonyl (C=O) groups is 1. The first-order chi connectivity index (χ1) is 13.5. The monoisotopic (exact) mass is 424 g/mol. The van der Waals surface area contributed by atoms with Crippen LogP contribution >= 0.6 is 11.6 Å². The molecule has 29 heavy (non-hydrogen) atoms. The number of nitrogens with zero attached hydrogens (tertiary/aromatic N) is 3. The van der Waals surface area contributed by atoms with E-state index in [1.54, 1.807) is 0 Å². The Balaban J connectivity index is 2.17. The molecule has 150 valence electrons. The van der Waals surface area contributed by atoms with Crippen LogP contribution in [-0.4, -0.2) is 20.6 Å². The van der Waals surface area contributed by atoms with Gasteiger partial charge >= 0.3 is 6.18 Å². The van der Waals surface area contributed by atoms with Crippen LogP contribution in [0.4, 0.5) is 18.9 Å². The summed E-state index contributed by atoms with van der Waals surface area (Å²) in [5, 5.41) is 15.3. The van der Waals surface area contributed by atoms with Crippen LogP contribution in [0.1, 0.15) is 21.6 Å². The molecular weight excluding hydrogens is 413 g/mol. The lowest BCUT2D eigenvalue weighted by molar-refractivity contribution is -0.384. The van der Waals surface area contributed by atoms with Gasteiger partial charge in [0.05, 0.1) is 27.4 Å². The molecule has 0 saturated heterocycles. The number of amides is 1. The smallest absolute Gasteiger partial charge is 0.365 e. The molecule has 0 fully saturated rings. The first-order valence-electron chi connectivity index (χ1n) is 8.02. The summed E-state index contributed by atoms with van der Waals surface area (Å²) in [6.07, 6.45) is -4.50. The van der Waals surface area contributed by atoms with E-state index in [-0.39, 0.29) is 38.9 Å². The fourth-order valence-corrected chi connectivity index (χ4v) is 3.03. The van der Waals surface area contributed by atoms with Gasteiger partial charge < -0.3 is 5.73 Å². The average molecular weight is 425 g/mol. The van der Waals surface area contributed by atoms with Crippen molar-refractivity contribution in [3.8, 4) is 16.9 Å². The summed E-state index contributed by atoms with van der Waals surface area (Å²) < 4.78 is 39.6. The summed E-state index contributed by atoms with van der Waals surface area (Å²) in [5.41, 5.74) is 5.00. The topological polar surface area (TPSA) is 104 Å². The van der Waals surface area contributed by atoms with Crippen LogP contribution in [0, 0.1) is 17.0 Å². The largest absolute Gasteiger partial charge is 0.416 e. The molecule has 0 aliphatic rings. The van der Waals surface area contributed by atoms with E-state index < -0.39 is 22.6 Å². The van der Waals surface area contributed by atoms with E-state index in [1.165, 1.54) is 35.9 Å². The highest BCUT2D eigenvalue weighted by atomic mass is 35.5. The van der Waals surface area contributed by atoms with Gasteiger partial charge in [-0.2, -0.15) is 18.3 Å². The third-order valence-corrected chi connectivity index (χ3v) is 4.54. The van der Waals surface area contributed by atoms with Crippen molar-refractivity contribution in [1.29, 1.82) is 0 Å². The normalized spacial score (nSPS) is 11.5. The highest BCUT2D eigenvalue weighted by molar-refractivity contribution is 6.32. The summed E-state index contributed by atoms with van der Waals surface area (Å²) in [5.74, 6) is -0.840. The minimum Gasteiger partial charge on any atom is -0.365 e. The second-order valence-corrected chi connectivity index (χ2v) is 6.46. The molecule has 3 rings (SSSR count). The summed E-state index contributed by atoms with van der Waals surface area (Å²) in [7, 11) is 0. The Bertz CT molecular complexity index is 1120. The molecule has 3 aromatic rings. The fourth-order valence-electron chi connectivity index (χ4n) is 2.84. The molecule has 0 saturated carbocycles. The number of primary amides is 1. The van der Waals surface area contributed by atoms with Gasteiger partial charge in [-0.05, 0) is 37.3 Å². The average Bonchev–Trinajstić information content (AvgIpc) is 2.98. The number of hydrogen-bond donors (Lipinski definition) is 1. The summed E-state index contributed by atoms with van der Waals surface area (Å²) >= 11 is 5.81. The van der Waals surface area contributed by atoms with E-state index >= 15 is 0 Å². The van der Waals surface area contributed by atoms with Crippen LogP contribution in [0.25, 0.3) is 16.9 Å². The van der Waals surface area contributed by atoms with Crippen LogP contribution in [0.2, 0.25) is 5.02 Å². The van der Waals surface area contributed by atoms with Crippen LogP contribution in [0.3, 0.4) is 0 Å². The molecule has 7 nitrogen and oxygen atoms in total. The van der Waals surface area contributed by atoms with E-state index in [9.17, 15) is 28.1 Å². The molecule has 0 unspecified atom stereocenters. The van der Waals surface area contributed by atoms with Gasteiger partial charge in [0, 0.05) is 11.6 Å². The predicted octanol–water partition coefficient (Wildman–Crippen LogP) is 4.53. The van der Waals surface area contributed by atoms with Crippen molar-refractivity contribution in [2.45, 2.75) is 13.1 Å². The minimum atomic E-state index is -4.50. The van der Waals surface area contributed by atoms with Crippen molar-refractivity contribution < 1.29 is 22.9 Å². The highest BCUT2D eigenvalue weighted by Crippen LogP contribution is 2.34. The molecule has 11 heteroatoms. The third-order valence-electron chi connectivity index (χ3n) is 4.22. The lowest BCUT2D eigenvalue weighted by Crippen LogP contribution is -2.13. The standard InChI is InChI=1S/C18H12ClF3N4O3/c1-9-15(17(23)27)16(10-2-7-13(19)14(8-10)26(28)29)24-25(9)12-5-3-11(4-6-12)18(20,21)22/h2-8H,1H3,(H2,23,27). The second kappa shape index (κ2) is 7.21. The van der Waals surface area contributed by atoms with Gasteiger partial charge in [-0.15, -0.1) is 0 Å². The molecular formula is C18H12ClF3N4O3. The SMILES string of the molecule is Cc1c(C(N)=O)c(-c2ccc(Cl)c([N+](=O)[O-])c2)nn1-c1ccc(C(F)(F)F)cc1. The van der Waals surface area contributed by atoms with Crippen molar-refractivity contribution in [3.63, 3.8) is 0 Å². The van der Waals surface area contributed by atoms with Crippen LogP contribution in [-0.2, 0) is 6.18 Å². The van der Waals surface area contributed by atoms with E-state index in [0.29, 0.717) is 0 Å². The van der Waals surface area contributed by atoms with Gasteiger partial charge in [0.15, 0.2) is 0 Å². The highest BCUT2D eigenvalue weighted by Gasteiger charge is 2.30. The van der Waals surface area contributed by atoms with Gasteiger partial charge in [-0.25, -0.2) is 4.68 Å². The van der Waals surface area contributed by atoms with Crippen molar-refractivity contribution in [1.82, 2.24) is 9.78 Å². The number of hydrogen-bond acceptors (Lipinski definition) is 4. The third kappa shape index (κ3) is 3.79. The second-order valence-electron chi connectivity index (χ2n) is 6.05. The number of benzene rings is 2. The molecule has 0 bridgehead atoms. The first kappa shape index (κ1) is 20.3. The zero-order valence-corrected chi connectivity index (χ0v) is 15.5. The molecule has 2 aromatic carbocycles. The maximum atomic E-state index is 12.8. The Morgan fingerprint density at radius 2 is 1.83 bits per heavy atom. The van der Waals surface area contributed by atoms with Crippen molar-refractivity contribution in [3.05, 3.63) is 74.4 Å². The zero-order valence-electron chi connectivity index (χ0n) is 14.7. The van der Waals surface area contributed by atoms with Crippen molar-refractivity contribution in [2.24, 2.45) is 5.73 Å². The lowest BCUT2D eigenvalue weighted by Gasteiger charge is -2.08. The summed E-state index contributed by atoms with van der Waals surface area (Å²) in [4.78, 5) is 22.4. The Morgan fingerprint density at radius 1 is 1.21 bits per heavy atom. The Labute approximate surface area is 166 Å². The molecule has 0 aliphatic heterocycles. The van der Waals surface area contributed by atoms with E-state index in [2.05, 4.69) is 5.10 Å². The summed E-state index contributed by atoms with van der Waals surface area (Å²) in [6, 6.07) is 8.02. The molecule has 0 atom stereocenters. The predicted molar refractivity (Wildman–Crippen MR) is 98.9 cm³/mol. The molecule has 0 spiro atoms. The molecule has 1 amide bonds. The van der Waals surface area contributed by atoms with Crippen LogP contribution < -0.4 is 5.73 Å². The van der Waals surface area contributed by atoms with Crippen molar-refractivity contribution in [2.75, 3.05) is 0 Å². The number of nitro groups is 1. The molecule has 0 aliphatic carbocycles. The van der Waals surface area contributed by atoms with Gasteiger partial charge in [-0.3, -0.25) is 14.9 Å². The molecule has 1 aromatic heterocycles. The zero-order chi connectivity index (χ0) is 21.5. The number of carbonyl (C=O) groups excluding carboxylic acids is 1. The summed E-state index contributed by atoms with van der Waals surface area (Å²) in [6.45, 7) is 1.51. The van der Waals surface area contributed by atoms with Crippen LogP contribution in [0.5, 0.6) is 0 Å². The number of alkyl halides is 3. The Morgan fingerprint density at radius 3 is 2.34 bits per heavy atom. The number of nitro benzene ring substituents is 1. The van der Waals surface area contributed by atoms with Gasteiger partial charge in [0.2, 0.25) is 0 Å². The maximum absolute atomic E-state index is 12.8. The number of nitrogens with two attached hydrogens (primary N) is 1. The number of halogens is 4. The van der Waals surface area contributed by atoms with Gasteiger partial charge in [0.1, 0.15) is 10.7 Å². The number of aromatic nitrogens is 2. The Hall–Kier alpha value is -3.40. The van der Waals surface area contributed by atoms with Gasteiger partial charge in [0.25, 0.3) is 11.6 Å². The fraction of sp³-hybridized carbons (Fsp3) is 0.111. The first-order valence-corrected chi connectivity index (χ1v) is 8.40. The van der Waals surface area contributed by atoms with E-state index in [4.69, 9.17) is 17.3 Å². The van der Waals surface area contributed by atoms with E-state index in [1.807, 2.05) is 0 Å². The quantitative estimate of drug-likeness (QED) is 0.490. The van der Waals surface area contributed by atoms with Gasteiger partial charge in [-0.1, -0.05) is 17.7 Å². The minimum absolute atomic E-state index is 0.0125. The number of rotatable bonds is 4. The van der Waals surface area contributed by atoms with Crippen LogP contribution in [0.15, 0.2) is 42.5 Å². The van der Waals surface area contributed by atoms with Crippen molar-refractivity contribution >= 4 is 23.2 Å². The van der Waals surface area contributed by atoms with E-state index in [0.717, 1.165) is 18.2 Å². The Kier molecular flexibility index (Phi) is 5.05. The molecule has 1 heterocycles. The lowest BCUT2D eigenvalue weighted by atomic mass is 10.0. The molecule has 0 radical (unpaired) electrons.